The quantitative estimate of drug-likeness (QED) is 0.488. The number of nitrogens with one attached hydrogen (secondary N) is 1. The Bertz CT molecular complexity index is 849. The Hall–Kier alpha value is -2.34. The van der Waals surface area contributed by atoms with Gasteiger partial charge >= 0.3 is 5.97 Å². The zero-order chi connectivity index (χ0) is 19.6. The number of carbonyl (C=O) groups excluding carboxylic acids is 1. The van der Waals surface area contributed by atoms with Crippen molar-refractivity contribution in [3.63, 3.8) is 0 Å². The van der Waals surface area contributed by atoms with Gasteiger partial charge in [0.2, 0.25) is 0 Å². The average molecular weight is 382 g/mol. The number of aliphatic hydroxyl groups excluding tert-OH is 1. The van der Waals surface area contributed by atoms with Crippen LogP contribution in [0.1, 0.15) is 27.0 Å². The monoisotopic (exact) mass is 382 g/mol. The molecule has 0 saturated carbocycles. The van der Waals surface area contributed by atoms with E-state index in [0.29, 0.717) is 12.3 Å². The molecule has 0 radical (unpaired) electrons. The van der Waals surface area contributed by atoms with Crippen LogP contribution >= 0.6 is 0 Å². The van der Waals surface area contributed by atoms with Gasteiger partial charge in [-0.3, -0.25) is 14.2 Å². The van der Waals surface area contributed by atoms with E-state index in [0.717, 1.165) is 0 Å². The number of ether oxygens (including phenoxy) is 4. The third-order valence-corrected chi connectivity index (χ3v) is 4.09. The van der Waals surface area contributed by atoms with Gasteiger partial charge in [-0.05, 0) is 13.8 Å². The smallest absolute Gasteiger partial charge is 0.303 e. The molecule has 2 aromatic rings. The minimum atomic E-state index is -1.01. The Morgan fingerprint density at radius 2 is 2.22 bits per heavy atom. The summed E-state index contributed by atoms with van der Waals surface area (Å²) < 4.78 is 24.0. The van der Waals surface area contributed by atoms with Gasteiger partial charge < -0.3 is 29.0 Å². The van der Waals surface area contributed by atoms with E-state index in [4.69, 9.17) is 18.9 Å². The van der Waals surface area contributed by atoms with Gasteiger partial charge in [0.1, 0.15) is 12.2 Å². The maximum Gasteiger partial charge on any atom is 0.303 e. The number of carbonyl (C=O) groups is 1. The number of imidazole rings is 1. The summed E-state index contributed by atoms with van der Waals surface area (Å²) in [5.41, 5.74) is 0.0893. The normalized spacial score (nSPS) is 26.4. The van der Waals surface area contributed by atoms with Crippen molar-refractivity contribution >= 4 is 17.1 Å². The molecule has 148 valence electrons. The van der Waals surface area contributed by atoms with Gasteiger partial charge in [-0.15, -0.1) is 0 Å². The van der Waals surface area contributed by atoms with Crippen LogP contribution in [0.5, 0.6) is 0 Å². The fourth-order valence-corrected chi connectivity index (χ4v) is 3.05. The molecule has 1 aliphatic heterocycles. The zero-order valence-electron chi connectivity index (χ0n) is 15.2. The number of hydrogen-bond acceptors (Lipinski definition) is 9. The van der Waals surface area contributed by atoms with Crippen LogP contribution in [0.4, 0.5) is 0 Å². The highest BCUT2D eigenvalue weighted by Gasteiger charge is 2.49. The first-order valence-electron chi connectivity index (χ1n) is 8.56. The van der Waals surface area contributed by atoms with E-state index in [1.165, 1.54) is 26.5 Å². The number of hydrogen-bond donors (Lipinski definition) is 2. The number of aliphatic hydroxyl groups is 1. The number of nitrogens with zero attached hydrogens (tertiary/aromatic N) is 3. The van der Waals surface area contributed by atoms with E-state index in [-0.39, 0.29) is 17.7 Å². The molecule has 0 bridgehead atoms. The highest BCUT2D eigenvalue weighted by Crippen LogP contribution is 2.35. The van der Waals surface area contributed by atoms with E-state index in [1.54, 1.807) is 11.5 Å². The largest absolute Gasteiger partial charge is 0.457 e. The van der Waals surface area contributed by atoms with Crippen LogP contribution in [-0.2, 0) is 23.7 Å². The van der Waals surface area contributed by atoms with Gasteiger partial charge in [-0.1, -0.05) is 0 Å². The van der Waals surface area contributed by atoms with Crippen LogP contribution in [0.15, 0.2) is 17.4 Å². The molecule has 0 aliphatic carbocycles. The average Bonchev–Trinajstić information content (AvgIpc) is 3.16. The Kier molecular flexibility index (Phi) is 5.85. The van der Waals surface area contributed by atoms with E-state index >= 15 is 0 Å². The van der Waals surface area contributed by atoms with Crippen molar-refractivity contribution in [1.29, 1.82) is 0 Å². The molecular weight excluding hydrogens is 360 g/mol. The first-order chi connectivity index (χ1) is 12.9. The van der Waals surface area contributed by atoms with Crippen LogP contribution in [0.2, 0.25) is 0 Å². The summed E-state index contributed by atoms with van der Waals surface area (Å²) in [5, 5.41) is 9.39. The second-order valence-electron chi connectivity index (χ2n) is 6.05. The summed E-state index contributed by atoms with van der Waals surface area (Å²) in [7, 11) is 0. The number of aromatic amines is 1. The molecule has 11 nitrogen and oxygen atoms in total. The van der Waals surface area contributed by atoms with Crippen LogP contribution < -0.4 is 5.56 Å². The minimum absolute atomic E-state index is 0.0175. The standard InChI is InChI=1S/C16H22N4O7/c1-4-24-13-12(26-9(3)22)10(5-25-8(2)21)27-16(13)20-7-19-11-14(20)17-6-18-15(11)23/h6-8,10,12-13,16,21H,4-5H2,1-3H3,(H,17,18,23)/t8-,10?,12?,13?,16?/m0/s1. The van der Waals surface area contributed by atoms with Crippen LogP contribution in [0, 0.1) is 0 Å². The maximum absolute atomic E-state index is 11.9. The van der Waals surface area contributed by atoms with E-state index in [9.17, 15) is 14.7 Å². The van der Waals surface area contributed by atoms with Gasteiger partial charge in [-0.25, -0.2) is 9.97 Å². The second-order valence-corrected chi connectivity index (χ2v) is 6.05. The summed E-state index contributed by atoms with van der Waals surface area (Å²) in [4.78, 5) is 34.2. The van der Waals surface area contributed by atoms with E-state index < -0.39 is 36.8 Å². The number of fused-ring (bicyclic) bond motifs is 1. The lowest BCUT2D eigenvalue weighted by atomic mass is 10.1. The van der Waals surface area contributed by atoms with Crippen molar-refractivity contribution in [3.05, 3.63) is 23.0 Å². The predicted octanol–water partition coefficient (Wildman–Crippen LogP) is -0.291. The van der Waals surface area contributed by atoms with Crippen molar-refractivity contribution in [2.24, 2.45) is 0 Å². The summed E-state index contributed by atoms with van der Waals surface area (Å²) in [6, 6.07) is 0. The second kappa shape index (κ2) is 8.13. The SMILES string of the molecule is CCOC1C(OC(C)=O)C(CO[C@@H](C)O)OC1n1cnc2c(=O)[nH]cnc21. The summed E-state index contributed by atoms with van der Waals surface area (Å²) >= 11 is 0. The highest BCUT2D eigenvalue weighted by molar-refractivity contribution is 5.69. The molecule has 5 atom stereocenters. The Balaban J connectivity index is 1.97. The van der Waals surface area contributed by atoms with Crippen molar-refractivity contribution < 1.29 is 28.8 Å². The van der Waals surface area contributed by atoms with Crippen LogP contribution in [-0.4, -0.2) is 68.4 Å². The zero-order valence-corrected chi connectivity index (χ0v) is 15.2. The van der Waals surface area contributed by atoms with Crippen molar-refractivity contribution in [1.82, 2.24) is 19.5 Å². The van der Waals surface area contributed by atoms with Crippen LogP contribution in [0.25, 0.3) is 11.2 Å². The van der Waals surface area contributed by atoms with Crippen LogP contribution in [0.3, 0.4) is 0 Å². The molecule has 27 heavy (non-hydrogen) atoms. The fourth-order valence-electron chi connectivity index (χ4n) is 3.05. The lowest BCUT2D eigenvalue weighted by Crippen LogP contribution is -2.40. The predicted molar refractivity (Wildman–Crippen MR) is 90.7 cm³/mol. The Morgan fingerprint density at radius 3 is 2.89 bits per heavy atom. The molecule has 0 aromatic carbocycles. The van der Waals surface area contributed by atoms with Gasteiger partial charge in [-0.2, -0.15) is 0 Å². The van der Waals surface area contributed by atoms with Gasteiger partial charge in [0.15, 0.2) is 29.8 Å². The molecular formula is C16H22N4O7. The van der Waals surface area contributed by atoms with Crippen molar-refractivity contribution in [2.75, 3.05) is 13.2 Å². The molecule has 1 aliphatic rings. The molecule has 0 spiro atoms. The van der Waals surface area contributed by atoms with Gasteiger partial charge in [0.05, 0.1) is 19.3 Å². The maximum atomic E-state index is 11.9. The summed E-state index contributed by atoms with van der Waals surface area (Å²) in [6.45, 7) is 4.88. The molecule has 0 amide bonds. The van der Waals surface area contributed by atoms with Gasteiger partial charge in [0.25, 0.3) is 5.56 Å². The Labute approximate surface area is 154 Å². The van der Waals surface area contributed by atoms with Crippen molar-refractivity contribution in [3.8, 4) is 0 Å². The third kappa shape index (κ3) is 4.00. The first kappa shape index (κ1) is 19.4. The molecule has 3 heterocycles. The Morgan fingerprint density at radius 1 is 1.44 bits per heavy atom. The third-order valence-electron chi connectivity index (χ3n) is 4.09. The summed E-state index contributed by atoms with van der Waals surface area (Å²) in [5.74, 6) is -0.499. The number of esters is 1. The first-order valence-corrected chi connectivity index (χ1v) is 8.56. The molecule has 1 fully saturated rings. The van der Waals surface area contributed by atoms with E-state index in [2.05, 4.69) is 15.0 Å². The topological polar surface area (TPSA) is 138 Å². The molecule has 4 unspecified atom stereocenters. The van der Waals surface area contributed by atoms with Crippen molar-refractivity contribution in [2.45, 2.75) is 51.6 Å². The minimum Gasteiger partial charge on any atom is -0.457 e. The lowest BCUT2D eigenvalue weighted by molar-refractivity contribution is -0.161. The highest BCUT2D eigenvalue weighted by atomic mass is 16.7. The van der Waals surface area contributed by atoms with Gasteiger partial charge in [0, 0.05) is 13.5 Å². The molecule has 2 aromatic heterocycles. The molecule has 11 heteroatoms. The molecule has 1 saturated heterocycles. The number of aromatic nitrogens is 4. The van der Waals surface area contributed by atoms with E-state index in [1.807, 2.05) is 0 Å². The fraction of sp³-hybridized carbons (Fsp3) is 0.625. The number of H-pyrrole nitrogens is 1. The summed E-state index contributed by atoms with van der Waals surface area (Å²) in [6.07, 6.45) is -1.21. The molecule has 2 N–H and O–H groups in total. The number of rotatable bonds is 7. The lowest BCUT2D eigenvalue weighted by Gasteiger charge is -2.24. The molecule has 3 rings (SSSR count).